The topological polar surface area (TPSA) is 84.7 Å². The summed E-state index contributed by atoms with van der Waals surface area (Å²) in [5, 5.41) is 11.6. The van der Waals surface area contributed by atoms with E-state index in [1.807, 2.05) is 41.4 Å². The Labute approximate surface area is 198 Å². The van der Waals surface area contributed by atoms with Crippen LogP contribution in [0.2, 0.25) is 0 Å². The number of nitro benzene ring substituents is 1. The number of nitro groups is 1. The summed E-state index contributed by atoms with van der Waals surface area (Å²) >= 11 is 0. The van der Waals surface area contributed by atoms with Crippen LogP contribution in [0.4, 0.5) is 5.69 Å². The maximum atomic E-state index is 13.2. The third-order valence-corrected chi connectivity index (χ3v) is 8.67. The minimum atomic E-state index is -2.97. The summed E-state index contributed by atoms with van der Waals surface area (Å²) in [6.45, 7) is 7.18. The lowest BCUT2D eigenvalue weighted by atomic mass is 9.99. The zero-order chi connectivity index (χ0) is 23.9. The molecule has 2 aliphatic heterocycles. The summed E-state index contributed by atoms with van der Waals surface area (Å²) in [7, 11) is -2.97. The van der Waals surface area contributed by atoms with Crippen LogP contribution in [0, 0.1) is 24.0 Å². The molecule has 176 valence electrons. The van der Waals surface area contributed by atoms with E-state index in [2.05, 4.69) is 24.3 Å². The molecule has 0 aliphatic carbocycles. The van der Waals surface area contributed by atoms with Gasteiger partial charge in [0.1, 0.15) is 5.75 Å². The largest absolute Gasteiger partial charge is 0.450 e. The van der Waals surface area contributed by atoms with Gasteiger partial charge in [-0.05, 0) is 60.4 Å². The predicted molar refractivity (Wildman–Crippen MR) is 130 cm³/mol. The third-order valence-electron chi connectivity index (χ3n) is 5.97. The highest BCUT2D eigenvalue weighted by molar-refractivity contribution is 7.54. The van der Waals surface area contributed by atoms with Crippen molar-refractivity contribution in [1.29, 1.82) is 0 Å². The fourth-order valence-corrected chi connectivity index (χ4v) is 6.05. The molecule has 3 aromatic carbocycles. The van der Waals surface area contributed by atoms with Gasteiger partial charge in [0.05, 0.1) is 11.5 Å². The molecule has 0 radical (unpaired) electrons. The highest BCUT2D eigenvalue weighted by Gasteiger charge is 2.49. The lowest BCUT2D eigenvalue weighted by molar-refractivity contribution is -0.385. The molecular weight excluding hydrogens is 453 g/mol. The second-order valence-electron chi connectivity index (χ2n) is 8.68. The van der Waals surface area contributed by atoms with E-state index in [1.165, 1.54) is 11.6 Å². The second kappa shape index (κ2) is 8.96. The van der Waals surface area contributed by atoms with Crippen LogP contribution < -0.4 is 4.74 Å². The van der Waals surface area contributed by atoms with E-state index >= 15 is 0 Å². The number of rotatable bonds is 9. The Morgan fingerprint density at radius 1 is 0.941 bits per heavy atom. The summed E-state index contributed by atoms with van der Waals surface area (Å²) in [6.07, 6.45) is 0. The Balaban J connectivity index is 1.37. The fourth-order valence-electron chi connectivity index (χ4n) is 3.86. The van der Waals surface area contributed by atoms with Crippen LogP contribution in [0.25, 0.3) is 11.1 Å². The first kappa shape index (κ1) is 22.7. The van der Waals surface area contributed by atoms with Crippen molar-refractivity contribution in [1.82, 2.24) is 9.34 Å². The molecule has 0 aromatic heterocycles. The van der Waals surface area contributed by atoms with Crippen LogP contribution in [0.3, 0.4) is 0 Å². The molecule has 3 aromatic rings. The van der Waals surface area contributed by atoms with Crippen molar-refractivity contribution >= 4 is 13.4 Å². The van der Waals surface area contributed by atoms with Gasteiger partial charge in [0.25, 0.3) is 0 Å². The Morgan fingerprint density at radius 2 is 1.62 bits per heavy atom. The lowest BCUT2D eigenvalue weighted by Crippen LogP contribution is -2.08. The summed E-state index contributed by atoms with van der Waals surface area (Å²) in [4.78, 5) is 11.1. The Kier molecular flexibility index (Phi) is 6.00. The summed E-state index contributed by atoms with van der Waals surface area (Å²) in [6, 6.07) is 18.5. The van der Waals surface area contributed by atoms with Crippen LogP contribution in [0.5, 0.6) is 11.5 Å². The van der Waals surface area contributed by atoms with E-state index in [0.29, 0.717) is 11.3 Å². The highest BCUT2D eigenvalue weighted by Crippen LogP contribution is 2.61. The molecule has 34 heavy (non-hydrogen) atoms. The van der Waals surface area contributed by atoms with Gasteiger partial charge in [0.15, 0.2) is 0 Å². The van der Waals surface area contributed by atoms with Gasteiger partial charge < -0.3 is 9.26 Å². The van der Waals surface area contributed by atoms with E-state index in [1.54, 1.807) is 12.1 Å². The fraction of sp³-hybridized carbons (Fsp3) is 0.280. The molecule has 2 fully saturated rings. The molecule has 0 unspecified atom stereocenters. The Bertz CT molecular complexity index is 1270. The first-order valence-corrected chi connectivity index (χ1v) is 12.7. The van der Waals surface area contributed by atoms with E-state index in [9.17, 15) is 14.7 Å². The molecular formula is C25H26N3O5P. The van der Waals surface area contributed by atoms with Crippen LogP contribution in [-0.2, 0) is 15.7 Å². The van der Waals surface area contributed by atoms with Crippen LogP contribution in [-0.4, -0.2) is 40.4 Å². The van der Waals surface area contributed by atoms with Crippen molar-refractivity contribution in [2.75, 3.05) is 26.2 Å². The van der Waals surface area contributed by atoms with Gasteiger partial charge in [-0.3, -0.25) is 14.7 Å². The number of aryl methyl sites for hydroxylation is 2. The molecule has 2 aliphatic rings. The lowest BCUT2D eigenvalue weighted by Gasteiger charge is -2.19. The molecule has 0 saturated carbocycles. The van der Waals surface area contributed by atoms with E-state index in [0.717, 1.165) is 42.9 Å². The summed E-state index contributed by atoms with van der Waals surface area (Å²) < 4.78 is 28.6. The molecule has 0 bridgehead atoms. The van der Waals surface area contributed by atoms with Crippen molar-refractivity contribution in [2.24, 2.45) is 0 Å². The summed E-state index contributed by atoms with van der Waals surface area (Å²) in [5.41, 5.74) is 4.90. The summed E-state index contributed by atoms with van der Waals surface area (Å²) in [5.74, 6) is 0.634. The van der Waals surface area contributed by atoms with Crippen LogP contribution in [0.15, 0.2) is 60.7 Å². The average molecular weight is 479 g/mol. The van der Waals surface area contributed by atoms with Crippen molar-refractivity contribution < 1.29 is 18.7 Å². The minimum Gasteiger partial charge on any atom is -0.450 e. The van der Waals surface area contributed by atoms with Gasteiger partial charge >= 0.3 is 13.4 Å². The van der Waals surface area contributed by atoms with Gasteiger partial charge in [-0.2, -0.15) is 0 Å². The van der Waals surface area contributed by atoms with Gasteiger partial charge in [-0.25, -0.2) is 9.34 Å². The van der Waals surface area contributed by atoms with Crippen molar-refractivity contribution in [3.63, 3.8) is 0 Å². The number of nitrogens with zero attached hydrogens (tertiary/aromatic N) is 3. The zero-order valence-corrected chi connectivity index (χ0v) is 20.0. The SMILES string of the molecule is Cc1ccc(-c2ccc(Oc3cc(COP(=O)(N4CC4)N4CC4)ccc3[N+](=O)[O-])cc2C)cc1. The highest BCUT2D eigenvalue weighted by atomic mass is 31.2. The predicted octanol–water partition coefficient (Wildman–Crippen LogP) is 5.93. The second-order valence-corrected chi connectivity index (χ2v) is 11.0. The molecule has 2 saturated heterocycles. The molecule has 2 heterocycles. The maximum absolute atomic E-state index is 13.2. The monoisotopic (exact) mass is 479 g/mol. The van der Waals surface area contributed by atoms with Crippen molar-refractivity contribution in [3.8, 4) is 22.6 Å². The zero-order valence-electron chi connectivity index (χ0n) is 19.1. The first-order chi connectivity index (χ1) is 16.3. The van der Waals surface area contributed by atoms with Gasteiger partial charge in [-0.15, -0.1) is 0 Å². The quantitative estimate of drug-likeness (QED) is 0.163. The number of benzene rings is 3. The standard InChI is InChI=1S/C25H26N3O5P/c1-18-3-6-21(7-4-18)23-9-8-22(15-19(23)2)33-25-16-20(5-10-24(25)28(29)30)17-32-34(31,26-11-12-26)27-13-14-27/h3-10,15-16H,11-14,17H2,1-2H3. The molecule has 5 rings (SSSR count). The molecule has 0 atom stereocenters. The number of ether oxygens (including phenoxy) is 1. The van der Waals surface area contributed by atoms with Crippen molar-refractivity contribution in [2.45, 2.75) is 20.5 Å². The van der Waals surface area contributed by atoms with Crippen LogP contribution >= 0.6 is 7.67 Å². The Hall–Kier alpha value is -3.03. The maximum Gasteiger partial charge on any atom is 0.346 e. The molecule has 0 amide bonds. The minimum absolute atomic E-state index is 0.0873. The van der Waals surface area contributed by atoms with Gasteiger partial charge in [-0.1, -0.05) is 35.9 Å². The number of hydrogen-bond acceptors (Lipinski definition) is 5. The van der Waals surface area contributed by atoms with Gasteiger partial charge in [0.2, 0.25) is 5.75 Å². The van der Waals surface area contributed by atoms with Crippen LogP contribution in [0.1, 0.15) is 16.7 Å². The molecule has 0 spiro atoms. The molecule has 9 heteroatoms. The normalized spacial score (nSPS) is 15.8. The number of hydrogen-bond donors (Lipinski definition) is 0. The molecule has 8 nitrogen and oxygen atoms in total. The van der Waals surface area contributed by atoms with E-state index in [4.69, 9.17) is 9.26 Å². The Morgan fingerprint density at radius 3 is 2.21 bits per heavy atom. The first-order valence-electron chi connectivity index (χ1n) is 11.2. The van der Waals surface area contributed by atoms with E-state index < -0.39 is 12.6 Å². The van der Waals surface area contributed by atoms with Gasteiger partial charge in [0, 0.05) is 32.2 Å². The smallest absolute Gasteiger partial charge is 0.346 e. The third kappa shape index (κ3) is 4.76. The average Bonchev–Trinajstić information content (AvgIpc) is 3.71. The van der Waals surface area contributed by atoms with Crippen molar-refractivity contribution in [3.05, 3.63) is 87.5 Å². The van der Waals surface area contributed by atoms with E-state index in [-0.39, 0.29) is 18.0 Å². The molecule has 0 N–H and O–H groups in total.